The Morgan fingerprint density at radius 1 is 1.40 bits per heavy atom. The number of aromatic carboxylic acids is 1. The van der Waals surface area contributed by atoms with Gasteiger partial charge in [-0.2, -0.15) is 0 Å². The van der Waals surface area contributed by atoms with Crippen LogP contribution in [0.2, 0.25) is 0 Å². The predicted molar refractivity (Wildman–Crippen MR) is 75.3 cm³/mol. The molecule has 0 spiro atoms. The van der Waals surface area contributed by atoms with Crippen molar-refractivity contribution in [3.05, 3.63) is 29.4 Å². The molecule has 1 aliphatic rings. The summed E-state index contributed by atoms with van der Waals surface area (Å²) in [5.74, 6) is -0.132. The lowest BCUT2D eigenvalue weighted by Crippen LogP contribution is -2.36. The Kier molecular flexibility index (Phi) is 3.62. The molecule has 1 aliphatic heterocycles. The average molecular weight is 291 g/mol. The molecule has 1 N–H and O–H groups in total. The van der Waals surface area contributed by atoms with E-state index in [1.807, 2.05) is 12.1 Å². The van der Waals surface area contributed by atoms with Crippen LogP contribution in [0.25, 0.3) is 10.6 Å². The van der Waals surface area contributed by atoms with Crippen molar-refractivity contribution < 1.29 is 14.6 Å². The minimum Gasteiger partial charge on any atom is -0.476 e. The van der Waals surface area contributed by atoms with E-state index in [2.05, 4.69) is 14.9 Å². The van der Waals surface area contributed by atoms with E-state index >= 15 is 0 Å². The van der Waals surface area contributed by atoms with Gasteiger partial charge >= 0.3 is 5.97 Å². The number of pyridine rings is 1. The van der Waals surface area contributed by atoms with E-state index in [1.54, 1.807) is 11.6 Å². The normalized spacial score (nSPS) is 15.3. The Balaban J connectivity index is 1.87. The lowest BCUT2D eigenvalue weighted by atomic mass is 10.2. The van der Waals surface area contributed by atoms with Gasteiger partial charge < -0.3 is 14.7 Å². The Labute approximate surface area is 119 Å². The highest BCUT2D eigenvalue weighted by atomic mass is 32.1. The number of carboxylic acids is 1. The maximum atomic E-state index is 10.9. The van der Waals surface area contributed by atoms with Gasteiger partial charge in [0, 0.05) is 30.2 Å². The molecule has 3 heterocycles. The van der Waals surface area contributed by atoms with Gasteiger partial charge in [-0.1, -0.05) is 0 Å². The smallest absolute Gasteiger partial charge is 0.355 e. The largest absolute Gasteiger partial charge is 0.476 e. The number of hydrogen-bond donors (Lipinski definition) is 1. The SMILES string of the molecule is O=C(O)c1csc(-c2ccnc(N3CCOCC3)c2)n1. The van der Waals surface area contributed by atoms with Gasteiger partial charge in [-0.3, -0.25) is 0 Å². The van der Waals surface area contributed by atoms with Crippen LogP contribution in [0.3, 0.4) is 0 Å². The molecule has 20 heavy (non-hydrogen) atoms. The summed E-state index contributed by atoms with van der Waals surface area (Å²) in [5, 5.41) is 11.2. The first kappa shape index (κ1) is 13.0. The van der Waals surface area contributed by atoms with Crippen molar-refractivity contribution in [1.82, 2.24) is 9.97 Å². The standard InChI is InChI=1S/C13H13N3O3S/c17-13(18)10-8-20-12(15-10)9-1-2-14-11(7-9)16-3-5-19-6-4-16/h1-2,7-8H,3-6H2,(H,17,18). The number of nitrogens with zero attached hydrogens (tertiary/aromatic N) is 3. The molecule has 7 heteroatoms. The van der Waals surface area contributed by atoms with Gasteiger partial charge in [0.2, 0.25) is 0 Å². The number of thiazole rings is 1. The second-order valence-corrected chi connectivity index (χ2v) is 5.20. The van der Waals surface area contributed by atoms with Gasteiger partial charge in [0.1, 0.15) is 10.8 Å². The van der Waals surface area contributed by atoms with E-state index in [0.717, 1.165) is 24.5 Å². The van der Waals surface area contributed by atoms with Crippen LogP contribution in [0.1, 0.15) is 10.5 Å². The molecule has 0 aromatic carbocycles. The molecule has 2 aromatic heterocycles. The number of morpholine rings is 1. The molecule has 0 unspecified atom stereocenters. The molecule has 104 valence electrons. The predicted octanol–water partition coefficient (Wildman–Crippen LogP) is 1.74. The average Bonchev–Trinajstić information content (AvgIpc) is 2.98. The highest BCUT2D eigenvalue weighted by Gasteiger charge is 2.15. The van der Waals surface area contributed by atoms with Crippen LogP contribution in [-0.2, 0) is 4.74 Å². The van der Waals surface area contributed by atoms with E-state index in [1.165, 1.54) is 11.3 Å². The first-order valence-electron chi connectivity index (χ1n) is 6.22. The van der Waals surface area contributed by atoms with Crippen LogP contribution in [0.4, 0.5) is 5.82 Å². The quantitative estimate of drug-likeness (QED) is 0.928. The lowest BCUT2D eigenvalue weighted by molar-refractivity contribution is 0.0691. The van der Waals surface area contributed by atoms with E-state index in [9.17, 15) is 4.79 Å². The highest BCUT2D eigenvalue weighted by Crippen LogP contribution is 2.26. The fraction of sp³-hybridized carbons (Fsp3) is 0.308. The summed E-state index contributed by atoms with van der Waals surface area (Å²) in [6.45, 7) is 3.03. The summed E-state index contributed by atoms with van der Waals surface area (Å²) in [7, 11) is 0. The maximum absolute atomic E-state index is 10.9. The maximum Gasteiger partial charge on any atom is 0.355 e. The highest BCUT2D eigenvalue weighted by molar-refractivity contribution is 7.13. The third-order valence-corrected chi connectivity index (χ3v) is 3.94. The number of ether oxygens (including phenoxy) is 1. The second-order valence-electron chi connectivity index (χ2n) is 4.35. The Morgan fingerprint density at radius 3 is 2.90 bits per heavy atom. The summed E-state index contributed by atoms with van der Waals surface area (Å²) >= 11 is 1.32. The Bertz CT molecular complexity index is 623. The van der Waals surface area contributed by atoms with Gasteiger partial charge in [-0.25, -0.2) is 14.8 Å². The minimum absolute atomic E-state index is 0.0785. The molecule has 0 amide bonds. The molecular formula is C13H13N3O3S. The number of anilines is 1. The molecule has 1 fully saturated rings. The third-order valence-electron chi connectivity index (χ3n) is 3.05. The van der Waals surface area contributed by atoms with Crippen LogP contribution in [0, 0.1) is 0 Å². The zero-order valence-electron chi connectivity index (χ0n) is 10.7. The van der Waals surface area contributed by atoms with E-state index in [4.69, 9.17) is 9.84 Å². The summed E-state index contributed by atoms with van der Waals surface area (Å²) in [6.07, 6.45) is 1.72. The number of rotatable bonds is 3. The Morgan fingerprint density at radius 2 is 2.20 bits per heavy atom. The molecule has 0 atom stereocenters. The molecule has 1 saturated heterocycles. The molecule has 2 aromatic rings. The molecule has 6 nitrogen and oxygen atoms in total. The van der Waals surface area contributed by atoms with E-state index in [-0.39, 0.29) is 5.69 Å². The molecule has 0 bridgehead atoms. The van der Waals surface area contributed by atoms with Gasteiger partial charge in [-0.15, -0.1) is 11.3 Å². The van der Waals surface area contributed by atoms with Crippen molar-refractivity contribution in [3.63, 3.8) is 0 Å². The van der Waals surface area contributed by atoms with Crippen molar-refractivity contribution in [3.8, 4) is 10.6 Å². The van der Waals surface area contributed by atoms with Crippen LogP contribution in [0.15, 0.2) is 23.7 Å². The zero-order chi connectivity index (χ0) is 13.9. The van der Waals surface area contributed by atoms with Crippen LogP contribution >= 0.6 is 11.3 Å². The number of aromatic nitrogens is 2. The molecule has 3 rings (SSSR count). The number of carbonyl (C=O) groups is 1. The van der Waals surface area contributed by atoms with Gasteiger partial charge in [0.25, 0.3) is 0 Å². The molecule has 0 radical (unpaired) electrons. The summed E-state index contributed by atoms with van der Waals surface area (Å²) < 4.78 is 5.32. The van der Waals surface area contributed by atoms with Gasteiger partial charge in [0.05, 0.1) is 13.2 Å². The van der Waals surface area contributed by atoms with Gasteiger partial charge in [0.15, 0.2) is 5.69 Å². The first-order chi connectivity index (χ1) is 9.74. The zero-order valence-corrected chi connectivity index (χ0v) is 11.5. The van der Waals surface area contributed by atoms with Crippen LogP contribution < -0.4 is 4.90 Å². The van der Waals surface area contributed by atoms with Crippen molar-refractivity contribution in [2.75, 3.05) is 31.2 Å². The number of carboxylic acid groups (broad SMARTS) is 1. The third kappa shape index (κ3) is 2.63. The number of hydrogen-bond acceptors (Lipinski definition) is 6. The van der Waals surface area contributed by atoms with E-state index < -0.39 is 5.97 Å². The van der Waals surface area contributed by atoms with Crippen LogP contribution in [-0.4, -0.2) is 47.3 Å². The topological polar surface area (TPSA) is 75.5 Å². The molecular weight excluding hydrogens is 278 g/mol. The van der Waals surface area contributed by atoms with Crippen LogP contribution in [0.5, 0.6) is 0 Å². The summed E-state index contributed by atoms with van der Waals surface area (Å²) in [5.41, 5.74) is 0.966. The fourth-order valence-electron chi connectivity index (χ4n) is 2.02. The van der Waals surface area contributed by atoms with Crippen molar-refractivity contribution in [2.24, 2.45) is 0 Å². The summed E-state index contributed by atoms with van der Waals surface area (Å²) in [6, 6.07) is 3.78. The lowest BCUT2D eigenvalue weighted by Gasteiger charge is -2.27. The molecule has 0 aliphatic carbocycles. The molecule has 0 saturated carbocycles. The Hall–Kier alpha value is -1.99. The summed E-state index contributed by atoms with van der Waals surface area (Å²) in [4.78, 5) is 21.5. The second kappa shape index (κ2) is 5.56. The fourth-order valence-corrected chi connectivity index (χ4v) is 2.81. The van der Waals surface area contributed by atoms with Gasteiger partial charge in [-0.05, 0) is 12.1 Å². The van der Waals surface area contributed by atoms with Crippen molar-refractivity contribution in [1.29, 1.82) is 0 Å². The van der Waals surface area contributed by atoms with E-state index in [0.29, 0.717) is 18.2 Å². The van der Waals surface area contributed by atoms with Crippen molar-refractivity contribution in [2.45, 2.75) is 0 Å². The minimum atomic E-state index is -1.00. The van der Waals surface area contributed by atoms with Crippen molar-refractivity contribution >= 4 is 23.1 Å². The monoisotopic (exact) mass is 291 g/mol. The first-order valence-corrected chi connectivity index (χ1v) is 7.10.